The molecule has 0 bridgehead atoms. The molecule has 0 aliphatic carbocycles. The van der Waals surface area contributed by atoms with E-state index in [1.54, 1.807) is 17.1 Å². The zero-order valence-electron chi connectivity index (χ0n) is 12.1. The Morgan fingerprint density at radius 1 is 1.30 bits per heavy atom. The van der Waals surface area contributed by atoms with E-state index >= 15 is 0 Å². The molecule has 0 aliphatic rings. The van der Waals surface area contributed by atoms with E-state index in [-0.39, 0.29) is 17.9 Å². The summed E-state index contributed by atoms with van der Waals surface area (Å²) in [4.78, 5) is 15.5. The Bertz CT molecular complexity index is 593. The van der Waals surface area contributed by atoms with E-state index in [1.807, 2.05) is 0 Å². The highest BCUT2D eigenvalue weighted by molar-refractivity contribution is 5.76. The number of carbonyl (C=O) groups excluding carboxylic acids is 1. The molecule has 0 aliphatic heterocycles. The summed E-state index contributed by atoms with van der Waals surface area (Å²) >= 11 is 0. The van der Waals surface area contributed by atoms with Crippen LogP contribution in [0.25, 0.3) is 11.3 Å². The van der Waals surface area contributed by atoms with Gasteiger partial charge in [-0.3, -0.25) is 10.2 Å². The zero-order chi connectivity index (χ0) is 14.8. The zero-order valence-corrected chi connectivity index (χ0v) is 12.1. The molecule has 0 saturated carbocycles. The van der Waals surface area contributed by atoms with E-state index in [4.69, 9.17) is 5.84 Å². The van der Waals surface area contributed by atoms with Crippen molar-refractivity contribution in [3.05, 3.63) is 42.4 Å². The monoisotopic (exact) mass is 272 g/mol. The van der Waals surface area contributed by atoms with Crippen molar-refractivity contribution in [1.82, 2.24) is 15.0 Å². The quantitative estimate of drug-likeness (QED) is 0.508. The molecule has 0 saturated heterocycles. The van der Waals surface area contributed by atoms with Crippen molar-refractivity contribution in [3.63, 3.8) is 0 Å². The van der Waals surface area contributed by atoms with Gasteiger partial charge in [0.25, 0.3) is 5.91 Å². The highest BCUT2D eigenvalue weighted by Crippen LogP contribution is 2.25. The van der Waals surface area contributed by atoms with Gasteiger partial charge in [-0.1, -0.05) is 45.0 Å². The molecule has 3 N–H and O–H groups in total. The molecular weight excluding hydrogens is 252 g/mol. The van der Waals surface area contributed by atoms with Crippen LogP contribution in [-0.2, 0) is 16.8 Å². The average molecular weight is 272 g/mol. The Balaban J connectivity index is 2.29. The smallest absolute Gasteiger partial charge is 0.253 e. The van der Waals surface area contributed by atoms with Crippen LogP contribution in [-0.4, -0.2) is 15.5 Å². The lowest BCUT2D eigenvalue weighted by atomic mass is 9.86. The van der Waals surface area contributed by atoms with Crippen LogP contribution < -0.4 is 11.3 Å². The van der Waals surface area contributed by atoms with Crippen LogP contribution in [0.2, 0.25) is 0 Å². The first kappa shape index (κ1) is 14.3. The second-order valence-corrected chi connectivity index (χ2v) is 5.80. The highest BCUT2D eigenvalue weighted by atomic mass is 16.2. The number of hydrazine groups is 1. The SMILES string of the molecule is CC(C)(C)c1ccc(-c2cncn2CC(=O)NN)cc1. The van der Waals surface area contributed by atoms with E-state index in [1.165, 1.54) is 5.56 Å². The van der Waals surface area contributed by atoms with Gasteiger partial charge in [-0.05, 0) is 16.5 Å². The molecule has 1 heterocycles. The standard InChI is InChI=1S/C15H20N4O/c1-15(2,3)12-6-4-11(5-7-12)13-8-17-10-19(13)9-14(20)18-16/h4-8,10H,9,16H2,1-3H3,(H,18,20). The molecular formula is C15H20N4O. The third-order valence-electron chi connectivity index (χ3n) is 3.23. The summed E-state index contributed by atoms with van der Waals surface area (Å²) in [6, 6.07) is 8.31. The Kier molecular flexibility index (Phi) is 3.90. The van der Waals surface area contributed by atoms with Crippen molar-refractivity contribution in [3.8, 4) is 11.3 Å². The van der Waals surface area contributed by atoms with E-state index in [0.717, 1.165) is 11.3 Å². The number of carbonyl (C=O) groups is 1. The number of nitrogens with two attached hydrogens (primary N) is 1. The number of aromatic nitrogens is 2. The summed E-state index contributed by atoms with van der Waals surface area (Å²) in [6.07, 6.45) is 3.37. The predicted octanol–water partition coefficient (Wildman–Crippen LogP) is 1.84. The average Bonchev–Trinajstić information content (AvgIpc) is 2.86. The number of nitrogens with one attached hydrogen (secondary N) is 1. The summed E-state index contributed by atoms with van der Waals surface area (Å²) in [6.45, 7) is 6.69. The van der Waals surface area contributed by atoms with Crippen molar-refractivity contribution in [2.24, 2.45) is 5.84 Å². The second-order valence-electron chi connectivity index (χ2n) is 5.80. The Morgan fingerprint density at radius 3 is 2.50 bits per heavy atom. The normalized spacial score (nSPS) is 11.4. The Hall–Kier alpha value is -2.14. The first-order chi connectivity index (χ1) is 9.41. The van der Waals surface area contributed by atoms with Gasteiger partial charge in [-0.25, -0.2) is 10.8 Å². The molecule has 0 fully saturated rings. The fourth-order valence-corrected chi connectivity index (χ4v) is 2.03. The molecule has 0 unspecified atom stereocenters. The van der Waals surface area contributed by atoms with Crippen LogP contribution in [0.4, 0.5) is 0 Å². The molecule has 1 aromatic carbocycles. The van der Waals surface area contributed by atoms with Gasteiger partial charge in [-0.2, -0.15) is 0 Å². The molecule has 20 heavy (non-hydrogen) atoms. The number of benzene rings is 1. The number of hydrogen-bond acceptors (Lipinski definition) is 3. The summed E-state index contributed by atoms with van der Waals surface area (Å²) in [5, 5.41) is 0. The van der Waals surface area contributed by atoms with Crippen LogP contribution in [0.3, 0.4) is 0 Å². The van der Waals surface area contributed by atoms with Gasteiger partial charge < -0.3 is 4.57 Å². The van der Waals surface area contributed by atoms with Crippen LogP contribution in [0.1, 0.15) is 26.3 Å². The molecule has 1 amide bonds. The van der Waals surface area contributed by atoms with Crippen LogP contribution in [0, 0.1) is 0 Å². The molecule has 5 nitrogen and oxygen atoms in total. The number of imidazole rings is 1. The van der Waals surface area contributed by atoms with Crippen LogP contribution in [0.15, 0.2) is 36.8 Å². The Morgan fingerprint density at radius 2 is 1.95 bits per heavy atom. The lowest BCUT2D eigenvalue weighted by molar-refractivity contribution is -0.121. The van der Waals surface area contributed by atoms with E-state index in [9.17, 15) is 4.79 Å². The molecule has 5 heteroatoms. The maximum atomic E-state index is 11.4. The molecule has 0 spiro atoms. The van der Waals surface area contributed by atoms with Crippen molar-refractivity contribution < 1.29 is 4.79 Å². The third kappa shape index (κ3) is 3.05. The minimum absolute atomic E-state index is 0.123. The summed E-state index contributed by atoms with van der Waals surface area (Å²) in [5.74, 6) is 4.86. The number of rotatable bonds is 3. The largest absolute Gasteiger partial charge is 0.321 e. The van der Waals surface area contributed by atoms with Gasteiger partial charge in [0, 0.05) is 0 Å². The number of hydrogen-bond donors (Lipinski definition) is 2. The first-order valence-electron chi connectivity index (χ1n) is 6.52. The van der Waals surface area contributed by atoms with E-state index < -0.39 is 0 Å². The van der Waals surface area contributed by atoms with E-state index in [0.29, 0.717) is 0 Å². The van der Waals surface area contributed by atoms with Gasteiger partial charge in [0.05, 0.1) is 18.2 Å². The minimum Gasteiger partial charge on any atom is -0.321 e. The minimum atomic E-state index is -0.254. The van der Waals surface area contributed by atoms with Crippen LogP contribution in [0.5, 0.6) is 0 Å². The van der Waals surface area contributed by atoms with Gasteiger partial charge in [0.1, 0.15) is 6.54 Å². The van der Waals surface area contributed by atoms with Gasteiger partial charge >= 0.3 is 0 Å². The summed E-state index contributed by atoms with van der Waals surface area (Å²) in [5.41, 5.74) is 5.44. The molecule has 2 aromatic rings. The van der Waals surface area contributed by atoms with Crippen LogP contribution >= 0.6 is 0 Å². The topological polar surface area (TPSA) is 72.9 Å². The lowest BCUT2D eigenvalue weighted by Crippen LogP contribution is -2.33. The van der Waals surface area contributed by atoms with Gasteiger partial charge in [0.2, 0.25) is 0 Å². The maximum absolute atomic E-state index is 11.4. The predicted molar refractivity (Wildman–Crippen MR) is 78.7 cm³/mol. The summed E-state index contributed by atoms with van der Waals surface area (Å²) in [7, 11) is 0. The van der Waals surface area contributed by atoms with Gasteiger partial charge in [-0.15, -0.1) is 0 Å². The van der Waals surface area contributed by atoms with Crippen molar-refractivity contribution in [1.29, 1.82) is 0 Å². The van der Waals surface area contributed by atoms with E-state index in [2.05, 4.69) is 55.4 Å². The van der Waals surface area contributed by atoms with Gasteiger partial charge in [0.15, 0.2) is 0 Å². The fraction of sp³-hybridized carbons (Fsp3) is 0.333. The maximum Gasteiger partial charge on any atom is 0.253 e. The molecule has 0 radical (unpaired) electrons. The lowest BCUT2D eigenvalue weighted by Gasteiger charge is -2.19. The second kappa shape index (κ2) is 5.46. The fourth-order valence-electron chi connectivity index (χ4n) is 2.03. The first-order valence-corrected chi connectivity index (χ1v) is 6.52. The molecule has 106 valence electrons. The number of nitrogens with zero attached hydrogens (tertiary/aromatic N) is 2. The highest BCUT2D eigenvalue weighted by Gasteiger charge is 2.14. The molecule has 1 aromatic heterocycles. The van der Waals surface area contributed by atoms with Crippen molar-refractivity contribution >= 4 is 5.91 Å². The summed E-state index contributed by atoms with van der Waals surface area (Å²) < 4.78 is 1.77. The number of amides is 1. The molecule has 2 rings (SSSR count). The van der Waals surface area contributed by atoms with Crippen molar-refractivity contribution in [2.75, 3.05) is 0 Å². The Labute approximate surface area is 118 Å². The van der Waals surface area contributed by atoms with Crippen molar-refractivity contribution in [2.45, 2.75) is 32.7 Å². The molecule has 0 atom stereocenters. The third-order valence-corrected chi connectivity index (χ3v) is 3.23.